The Bertz CT molecular complexity index is 663. The van der Waals surface area contributed by atoms with E-state index in [0.29, 0.717) is 11.5 Å². The molecule has 3 nitrogen and oxygen atoms in total. The van der Waals surface area contributed by atoms with Gasteiger partial charge in [0.25, 0.3) is 0 Å². The van der Waals surface area contributed by atoms with E-state index in [0.717, 1.165) is 10.6 Å². The van der Waals surface area contributed by atoms with Gasteiger partial charge in [-0.15, -0.1) is 0 Å². The van der Waals surface area contributed by atoms with Gasteiger partial charge in [0, 0.05) is 0 Å². The molecule has 0 fully saturated rings. The maximum atomic E-state index is 13.3. The maximum absolute atomic E-state index is 13.3. The molecule has 0 aromatic heterocycles. The van der Waals surface area contributed by atoms with Crippen molar-refractivity contribution in [3.05, 3.63) is 48.5 Å². The Balaban J connectivity index is 2.44. The van der Waals surface area contributed by atoms with Gasteiger partial charge in [0.05, 0.1) is 10.6 Å². The lowest BCUT2D eigenvalue weighted by Crippen LogP contribution is -2.27. The third-order valence-electron chi connectivity index (χ3n) is 3.10. The minimum atomic E-state index is -2.25. The lowest BCUT2D eigenvalue weighted by atomic mass is 10.2. The van der Waals surface area contributed by atoms with Crippen molar-refractivity contribution in [3.63, 3.8) is 0 Å². The summed E-state index contributed by atoms with van der Waals surface area (Å²) in [6, 6.07) is 15.1. The highest BCUT2D eigenvalue weighted by Gasteiger charge is 2.22. The first-order valence-electron chi connectivity index (χ1n) is 8.18. The fourth-order valence-electron chi connectivity index (χ4n) is 2.29. The number of ether oxygens (including phenoxy) is 2. The largest absolute Gasteiger partial charge is 0.487 e. The van der Waals surface area contributed by atoms with Crippen molar-refractivity contribution in [2.75, 3.05) is 0 Å². The number of para-hydroxylation sites is 2. The van der Waals surface area contributed by atoms with Gasteiger partial charge in [0.1, 0.15) is 30.5 Å². The molecule has 0 saturated heterocycles. The van der Waals surface area contributed by atoms with Crippen LogP contribution in [0.15, 0.2) is 48.5 Å². The van der Waals surface area contributed by atoms with Crippen LogP contribution in [0.5, 0.6) is 11.5 Å². The van der Waals surface area contributed by atoms with Gasteiger partial charge in [-0.1, -0.05) is 24.3 Å². The molecule has 2 aromatic rings. The number of hydrogen-bond acceptors (Lipinski definition) is 3. The molecule has 0 radical (unpaired) electrons. The summed E-state index contributed by atoms with van der Waals surface area (Å²) in [6.07, 6.45) is 0. The van der Waals surface area contributed by atoms with E-state index < -0.39 is 7.80 Å². The van der Waals surface area contributed by atoms with Gasteiger partial charge in [-0.2, -0.15) is 0 Å². The average molecular weight is 346 g/mol. The Morgan fingerprint density at radius 1 is 0.667 bits per heavy atom. The third kappa shape index (κ3) is 5.14. The van der Waals surface area contributed by atoms with Crippen molar-refractivity contribution in [1.29, 1.82) is 0 Å². The summed E-state index contributed by atoms with van der Waals surface area (Å²) in [5.74, 6) is 1.33. The third-order valence-corrected chi connectivity index (χ3v) is 4.90. The Hall–Kier alpha value is -1.73. The highest BCUT2D eigenvalue weighted by atomic mass is 31.1. The van der Waals surface area contributed by atoms with Crippen LogP contribution in [0.25, 0.3) is 0 Å². The zero-order valence-corrected chi connectivity index (χ0v) is 16.3. The van der Waals surface area contributed by atoms with Gasteiger partial charge in [0.15, 0.2) is 0 Å². The van der Waals surface area contributed by atoms with Crippen molar-refractivity contribution < 1.29 is 14.0 Å². The summed E-state index contributed by atoms with van der Waals surface area (Å²) >= 11 is 0. The second kappa shape index (κ2) is 7.03. The van der Waals surface area contributed by atoms with E-state index >= 15 is 0 Å². The summed E-state index contributed by atoms with van der Waals surface area (Å²) in [5.41, 5.74) is -0.695. The van der Waals surface area contributed by atoms with Crippen LogP contribution in [-0.4, -0.2) is 11.2 Å². The second-order valence-corrected chi connectivity index (χ2v) is 9.49. The molecule has 0 amide bonds. The number of benzene rings is 2. The summed E-state index contributed by atoms with van der Waals surface area (Å²) in [7, 11) is -2.25. The zero-order chi connectivity index (χ0) is 18.0. The summed E-state index contributed by atoms with van der Waals surface area (Å²) < 4.78 is 25.3. The minimum Gasteiger partial charge on any atom is -0.487 e. The molecule has 0 bridgehead atoms. The molecule has 0 aliphatic carbocycles. The molecule has 0 heterocycles. The van der Waals surface area contributed by atoms with E-state index in [1.807, 2.05) is 90.1 Å². The fourth-order valence-corrected chi connectivity index (χ4v) is 3.79. The van der Waals surface area contributed by atoms with Crippen LogP contribution in [0.1, 0.15) is 41.5 Å². The molecule has 0 spiro atoms. The Morgan fingerprint density at radius 3 is 1.33 bits per heavy atom. The van der Waals surface area contributed by atoms with E-state index in [1.165, 1.54) is 0 Å². The maximum Gasteiger partial charge on any atom is 0.139 e. The molecular weight excluding hydrogens is 319 g/mol. The standard InChI is InChI=1S/C20H27O3P/c1-19(2,3)22-15-11-7-9-13-17(15)24(21)18-14-10-8-12-16(18)23-20(4,5)6/h7-14,24H,1-6H3. The molecule has 0 aliphatic heterocycles. The molecule has 0 atom stereocenters. The highest BCUT2D eigenvalue weighted by molar-refractivity contribution is 7.62. The van der Waals surface area contributed by atoms with E-state index in [9.17, 15) is 4.57 Å². The van der Waals surface area contributed by atoms with Gasteiger partial charge in [-0.05, 0) is 65.8 Å². The van der Waals surface area contributed by atoms with Crippen molar-refractivity contribution in [3.8, 4) is 11.5 Å². The van der Waals surface area contributed by atoms with Crippen molar-refractivity contribution in [2.24, 2.45) is 0 Å². The first-order chi connectivity index (χ1) is 11.1. The van der Waals surface area contributed by atoms with Gasteiger partial charge >= 0.3 is 0 Å². The van der Waals surface area contributed by atoms with Crippen LogP contribution < -0.4 is 20.1 Å². The van der Waals surface area contributed by atoms with Gasteiger partial charge in [0.2, 0.25) is 0 Å². The van der Waals surface area contributed by atoms with Gasteiger partial charge in [-0.25, -0.2) is 0 Å². The van der Waals surface area contributed by atoms with Crippen LogP contribution in [0, 0.1) is 0 Å². The van der Waals surface area contributed by atoms with Crippen molar-refractivity contribution >= 4 is 18.4 Å². The van der Waals surface area contributed by atoms with Gasteiger partial charge in [-0.3, -0.25) is 0 Å². The van der Waals surface area contributed by atoms with Crippen molar-refractivity contribution in [2.45, 2.75) is 52.7 Å². The lowest BCUT2D eigenvalue weighted by molar-refractivity contribution is 0.132. The zero-order valence-electron chi connectivity index (χ0n) is 15.3. The molecular formula is C20H27O3P. The topological polar surface area (TPSA) is 35.5 Å². The van der Waals surface area contributed by atoms with Gasteiger partial charge < -0.3 is 14.0 Å². The van der Waals surface area contributed by atoms with Crippen LogP contribution in [0.4, 0.5) is 0 Å². The summed E-state index contributed by atoms with van der Waals surface area (Å²) in [5, 5.41) is 1.45. The van der Waals surface area contributed by atoms with E-state index in [2.05, 4.69) is 0 Å². The second-order valence-electron chi connectivity index (χ2n) is 7.75. The molecule has 0 saturated carbocycles. The predicted molar refractivity (Wildman–Crippen MR) is 102 cm³/mol. The summed E-state index contributed by atoms with van der Waals surface area (Å²) in [6.45, 7) is 11.9. The monoisotopic (exact) mass is 346 g/mol. The molecule has 4 heteroatoms. The normalized spacial score (nSPS) is 12.3. The summed E-state index contributed by atoms with van der Waals surface area (Å²) in [4.78, 5) is 0. The average Bonchev–Trinajstić information content (AvgIpc) is 2.44. The molecule has 2 rings (SSSR count). The van der Waals surface area contributed by atoms with E-state index in [1.54, 1.807) is 0 Å². The number of rotatable bonds is 4. The Morgan fingerprint density at radius 2 is 1.00 bits per heavy atom. The molecule has 2 aromatic carbocycles. The molecule has 0 unspecified atom stereocenters. The Kier molecular flexibility index (Phi) is 5.45. The van der Waals surface area contributed by atoms with E-state index in [-0.39, 0.29) is 11.2 Å². The molecule has 0 N–H and O–H groups in total. The highest BCUT2D eigenvalue weighted by Crippen LogP contribution is 2.32. The first-order valence-corrected chi connectivity index (χ1v) is 9.58. The van der Waals surface area contributed by atoms with Crippen LogP contribution in [0.3, 0.4) is 0 Å². The fraction of sp³-hybridized carbons (Fsp3) is 0.400. The van der Waals surface area contributed by atoms with Crippen LogP contribution >= 0.6 is 7.80 Å². The van der Waals surface area contributed by atoms with E-state index in [4.69, 9.17) is 9.47 Å². The quantitative estimate of drug-likeness (QED) is 0.762. The smallest absolute Gasteiger partial charge is 0.139 e. The molecule has 130 valence electrons. The van der Waals surface area contributed by atoms with Crippen LogP contribution in [-0.2, 0) is 4.57 Å². The lowest BCUT2D eigenvalue weighted by Gasteiger charge is -2.25. The molecule has 24 heavy (non-hydrogen) atoms. The molecule has 0 aliphatic rings. The van der Waals surface area contributed by atoms with Crippen molar-refractivity contribution in [1.82, 2.24) is 0 Å². The predicted octanol–water partition coefficient (Wildman–Crippen LogP) is 4.55. The van der Waals surface area contributed by atoms with Crippen LogP contribution in [0.2, 0.25) is 0 Å². The first kappa shape index (κ1) is 18.6. The minimum absolute atomic E-state index is 0.348. The number of hydrogen-bond donors (Lipinski definition) is 0. The Labute approximate surface area is 145 Å². The SMILES string of the molecule is CC(C)(C)Oc1ccccc1[PH](=O)c1ccccc1OC(C)(C)C.